The topological polar surface area (TPSA) is 74.3 Å². The van der Waals surface area contributed by atoms with Crippen molar-refractivity contribution in [2.75, 3.05) is 6.61 Å². The molecule has 3 rings (SSSR count). The van der Waals surface area contributed by atoms with E-state index in [1.165, 1.54) is 0 Å². The Morgan fingerprint density at radius 2 is 1.86 bits per heavy atom. The van der Waals surface area contributed by atoms with Gasteiger partial charge in [0.05, 0.1) is 12.4 Å². The van der Waals surface area contributed by atoms with Crippen LogP contribution in [0.4, 0.5) is 5.82 Å². The van der Waals surface area contributed by atoms with Crippen molar-refractivity contribution < 1.29 is 4.74 Å². The van der Waals surface area contributed by atoms with Crippen molar-refractivity contribution in [3.8, 4) is 5.75 Å². The normalized spacial score (nSPS) is 11.1. The van der Waals surface area contributed by atoms with Gasteiger partial charge in [-0.05, 0) is 44.2 Å². The van der Waals surface area contributed by atoms with E-state index >= 15 is 0 Å². The first-order valence-electron chi connectivity index (χ1n) is 12.4. The molecule has 0 fully saturated rings. The highest BCUT2D eigenvalue weighted by Crippen LogP contribution is 2.19. The standard InChI is InChI=1S/C30H37N5O/c1-5-7-8-9-14-20-36-28-19-13-11-17-25(28)22-31-24(4)32-30(27-18-12-10-16-23(27)3)33-29-21-26(15-6-2)34-35-29/h5-6,10-13,16-19,21,31H,1-2,4,7-9,14-15,20,22H2,3H3,(H2,32,33,34,35). The van der Waals surface area contributed by atoms with Gasteiger partial charge in [-0.1, -0.05) is 61.2 Å². The Kier molecular flexibility index (Phi) is 10.6. The molecule has 0 spiro atoms. The van der Waals surface area contributed by atoms with Gasteiger partial charge in [-0.25, -0.2) is 4.99 Å². The van der Waals surface area contributed by atoms with E-state index in [0.29, 0.717) is 37.0 Å². The van der Waals surface area contributed by atoms with Gasteiger partial charge in [-0.2, -0.15) is 5.10 Å². The van der Waals surface area contributed by atoms with Crippen LogP contribution in [0.15, 0.2) is 97.3 Å². The monoisotopic (exact) mass is 483 g/mol. The number of unbranched alkanes of at least 4 members (excludes halogenated alkanes) is 3. The highest BCUT2D eigenvalue weighted by molar-refractivity contribution is 6.02. The molecule has 0 aliphatic carbocycles. The first-order chi connectivity index (χ1) is 17.6. The molecule has 0 aliphatic rings. The van der Waals surface area contributed by atoms with E-state index in [4.69, 9.17) is 9.73 Å². The third kappa shape index (κ3) is 8.31. The lowest BCUT2D eigenvalue weighted by atomic mass is 10.1. The van der Waals surface area contributed by atoms with Gasteiger partial charge >= 0.3 is 0 Å². The number of aryl methyl sites for hydroxylation is 1. The van der Waals surface area contributed by atoms with Crippen LogP contribution in [0, 0.1) is 6.92 Å². The van der Waals surface area contributed by atoms with Crippen LogP contribution < -0.4 is 15.4 Å². The smallest absolute Gasteiger partial charge is 0.175 e. The van der Waals surface area contributed by atoms with Crippen molar-refractivity contribution in [1.82, 2.24) is 20.8 Å². The van der Waals surface area contributed by atoms with Gasteiger partial charge in [0.2, 0.25) is 0 Å². The number of nitrogens with one attached hydrogen (secondary N) is 3. The molecule has 0 atom stereocenters. The Bertz CT molecular complexity index is 1180. The molecule has 3 N–H and O–H groups in total. The second-order valence-electron chi connectivity index (χ2n) is 8.57. The lowest BCUT2D eigenvalue weighted by molar-refractivity contribution is 0.302. The summed E-state index contributed by atoms with van der Waals surface area (Å²) in [6.07, 6.45) is 8.88. The molecular formula is C30H37N5O. The lowest BCUT2D eigenvalue weighted by Gasteiger charge is -2.17. The maximum atomic E-state index is 6.06. The number of rotatable bonds is 15. The molecule has 188 valence electrons. The fourth-order valence-electron chi connectivity index (χ4n) is 3.70. The van der Waals surface area contributed by atoms with Crippen LogP contribution in [0.1, 0.15) is 48.1 Å². The first kappa shape index (κ1) is 26.5. The highest BCUT2D eigenvalue weighted by atomic mass is 16.5. The van der Waals surface area contributed by atoms with Gasteiger partial charge in [0, 0.05) is 35.9 Å². The molecule has 36 heavy (non-hydrogen) atoms. The number of aromatic amines is 1. The molecule has 0 aliphatic heterocycles. The summed E-state index contributed by atoms with van der Waals surface area (Å²) < 4.78 is 6.06. The Morgan fingerprint density at radius 3 is 2.67 bits per heavy atom. The molecule has 6 nitrogen and oxygen atoms in total. The highest BCUT2D eigenvalue weighted by Gasteiger charge is 2.11. The van der Waals surface area contributed by atoms with Crippen molar-refractivity contribution in [2.45, 2.75) is 45.6 Å². The van der Waals surface area contributed by atoms with Gasteiger partial charge in [0.15, 0.2) is 5.82 Å². The average Bonchev–Trinajstić information content (AvgIpc) is 3.32. The number of ether oxygens (including phenoxy) is 1. The number of H-pyrrole nitrogens is 1. The predicted molar refractivity (Wildman–Crippen MR) is 150 cm³/mol. The number of aliphatic imine (C=N–C) groups is 1. The second-order valence-corrected chi connectivity index (χ2v) is 8.57. The minimum Gasteiger partial charge on any atom is -0.493 e. The Balaban J connectivity index is 1.65. The summed E-state index contributed by atoms with van der Waals surface area (Å²) in [6, 6.07) is 18.1. The van der Waals surface area contributed by atoms with Crippen molar-refractivity contribution in [3.05, 3.63) is 115 Å². The fraction of sp³-hybridized carbons (Fsp3) is 0.267. The Labute approximate surface area is 214 Å². The van der Waals surface area contributed by atoms with Crippen LogP contribution in [0.2, 0.25) is 0 Å². The van der Waals surface area contributed by atoms with Crippen LogP contribution >= 0.6 is 0 Å². The summed E-state index contributed by atoms with van der Waals surface area (Å²) >= 11 is 0. The molecule has 0 radical (unpaired) electrons. The number of benzene rings is 2. The Morgan fingerprint density at radius 1 is 1.06 bits per heavy atom. The summed E-state index contributed by atoms with van der Waals surface area (Å²) in [5, 5.41) is 14.0. The van der Waals surface area contributed by atoms with Gasteiger partial charge in [-0.15, -0.1) is 13.2 Å². The third-order valence-corrected chi connectivity index (χ3v) is 5.65. The number of para-hydroxylation sites is 1. The van der Waals surface area contributed by atoms with E-state index < -0.39 is 0 Å². The van der Waals surface area contributed by atoms with Crippen LogP contribution in [0.5, 0.6) is 5.75 Å². The molecule has 1 heterocycles. The second kappa shape index (κ2) is 14.4. The average molecular weight is 484 g/mol. The van der Waals surface area contributed by atoms with E-state index in [-0.39, 0.29) is 0 Å². The number of amidine groups is 1. The molecule has 1 aromatic heterocycles. The zero-order valence-corrected chi connectivity index (χ0v) is 21.2. The van der Waals surface area contributed by atoms with E-state index in [0.717, 1.165) is 53.8 Å². The summed E-state index contributed by atoms with van der Waals surface area (Å²) in [4.78, 5) is 4.77. The van der Waals surface area contributed by atoms with Crippen molar-refractivity contribution in [3.63, 3.8) is 0 Å². The Hall–Kier alpha value is -4.06. The van der Waals surface area contributed by atoms with Crippen LogP contribution in [0.3, 0.4) is 0 Å². The number of nitrogens with zero attached hydrogens (tertiary/aromatic N) is 2. The largest absolute Gasteiger partial charge is 0.493 e. The maximum Gasteiger partial charge on any atom is 0.175 e. The van der Waals surface area contributed by atoms with E-state index in [9.17, 15) is 0 Å². The minimum atomic E-state index is 0.575. The van der Waals surface area contributed by atoms with Gasteiger partial charge < -0.3 is 15.4 Å². The first-order valence-corrected chi connectivity index (χ1v) is 12.4. The molecular weight excluding hydrogens is 446 g/mol. The van der Waals surface area contributed by atoms with Crippen LogP contribution in [-0.4, -0.2) is 22.6 Å². The molecule has 0 unspecified atom stereocenters. The fourth-order valence-corrected chi connectivity index (χ4v) is 3.70. The molecule has 6 heteroatoms. The van der Waals surface area contributed by atoms with E-state index in [1.54, 1.807) is 0 Å². The van der Waals surface area contributed by atoms with Gasteiger partial charge in [0.1, 0.15) is 11.6 Å². The summed E-state index contributed by atoms with van der Waals surface area (Å²) in [5.74, 6) is 2.79. The molecule has 3 aromatic rings. The van der Waals surface area contributed by atoms with Crippen molar-refractivity contribution in [1.29, 1.82) is 0 Å². The van der Waals surface area contributed by atoms with Crippen LogP contribution in [-0.2, 0) is 13.0 Å². The number of hydrogen-bond acceptors (Lipinski definition) is 4. The van der Waals surface area contributed by atoms with E-state index in [1.807, 2.05) is 54.6 Å². The number of allylic oxidation sites excluding steroid dienone is 2. The molecule has 2 aromatic carbocycles. The number of hydrogen-bond donors (Lipinski definition) is 3. The zero-order valence-electron chi connectivity index (χ0n) is 21.2. The summed E-state index contributed by atoms with van der Waals surface area (Å²) in [6.45, 7) is 15.1. The van der Waals surface area contributed by atoms with E-state index in [2.05, 4.69) is 59.6 Å². The molecule has 0 amide bonds. The number of aromatic nitrogens is 2. The predicted octanol–water partition coefficient (Wildman–Crippen LogP) is 6.50. The minimum absolute atomic E-state index is 0.575. The van der Waals surface area contributed by atoms with Crippen molar-refractivity contribution in [2.24, 2.45) is 4.99 Å². The lowest BCUT2D eigenvalue weighted by Crippen LogP contribution is -2.31. The van der Waals surface area contributed by atoms with Crippen LogP contribution in [0.25, 0.3) is 0 Å². The van der Waals surface area contributed by atoms with Gasteiger partial charge in [0.25, 0.3) is 0 Å². The quantitative estimate of drug-likeness (QED) is 0.0998. The van der Waals surface area contributed by atoms with Crippen molar-refractivity contribution >= 4 is 11.7 Å². The molecule has 0 saturated heterocycles. The summed E-state index contributed by atoms with van der Waals surface area (Å²) in [7, 11) is 0. The third-order valence-electron chi connectivity index (χ3n) is 5.65. The van der Waals surface area contributed by atoms with Gasteiger partial charge in [-0.3, -0.25) is 5.10 Å². The SMILES string of the molecule is C=CCCCCCOc1ccccc1CNC(=C)NC(=Nc1cc(CC=C)[nH]n1)c1ccccc1C. The zero-order chi connectivity index (χ0) is 25.6. The maximum absolute atomic E-state index is 6.06. The molecule has 0 saturated carbocycles. The summed E-state index contributed by atoms with van der Waals surface area (Å²) in [5.41, 5.74) is 4.11. The molecule has 0 bridgehead atoms.